The summed E-state index contributed by atoms with van der Waals surface area (Å²) >= 11 is 3.32. The van der Waals surface area contributed by atoms with Gasteiger partial charge in [-0.2, -0.15) is 0 Å². The van der Waals surface area contributed by atoms with Crippen LogP contribution in [0.1, 0.15) is 31.0 Å². The molecule has 0 aliphatic heterocycles. The number of halogens is 1. The first-order chi connectivity index (χ1) is 6.15. The van der Waals surface area contributed by atoms with Crippen molar-refractivity contribution < 1.29 is 5.11 Å². The van der Waals surface area contributed by atoms with E-state index in [1.165, 1.54) is 5.56 Å². The summed E-state index contributed by atoms with van der Waals surface area (Å²) in [5.74, 6) is 0. The SMILES string of the molecule is CCC1(O)CCc2ccc(Br)nc21. The molecule has 1 heterocycles. The molecule has 1 N–H and O–H groups in total. The van der Waals surface area contributed by atoms with Crippen LogP contribution in [0, 0.1) is 0 Å². The summed E-state index contributed by atoms with van der Waals surface area (Å²) in [7, 11) is 0. The standard InChI is InChI=1S/C10H12BrNO/c1-2-10(13)6-5-7-3-4-8(11)12-9(7)10/h3-4,13H,2,5-6H2,1H3. The Bertz CT molecular complexity index is 340. The van der Waals surface area contributed by atoms with Crippen molar-refractivity contribution in [3.05, 3.63) is 28.0 Å². The number of fused-ring (bicyclic) bond motifs is 1. The molecule has 13 heavy (non-hydrogen) atoms. The number of pyridine rings is 1. The summed E-state index contributed by atoms with van der Waals surface area (Å²) in [6.45, 7) is 2.00. The lowest BCUT2D eigenvalue weighted by molar-refractivity contribution is 0.0305. The number of hydrogen-bond donors (Lipinski definition) is 1. The second kappa shape index (κ2) is 3.07. The van der Waals surface area contributed by atoms with Gasteiger partial charge in [-0.3, -0.25) is 0 Å². The lowest BCUT2D eigenvalue weighted by Crippen LogP contribution is -2.22. The summed E-state index contributed by atoms with van der Waals surface area (Å²) in [4.78, 5) is 4.34. The minimum atomic E-state index is -0.681. The van der Waals surface area contributed by atoms with Gasteiger partial charge in [0.1, 0.15) is 10.2 Å². The fourth-order valence-corrected chi connectivity index (χ4v) is 2.18. The van der Waals surface area contributed by atoms with Crippen LogP contribution in [0.2, 0.25) is 0 Å². The zero-order valence-corrected chi connectivity index (χ0v) is 9.13. The summed E-state index contributed by atoms with van der Waals surface area (Å²) in [6, 6.07) is 3.97. The molecule has 1 atom stereocenters. The third-order valence-electron chi connectivity index (χ3n) is 2.78. The lowest BCUT2D eigenvalue weighted by Gasteiger charge is -2.20. The van der Waals surface area contributed by atoms with Gasteiger partial charge in [-0.05, 0) is 46.8 Å². The normalized spacial score (nSPS) is 26.1. The molecular weight excluding hydrogens is 230 g/mol. The molecule has 0 aromatic carbocycles. The van der Waals surface area contributed by atoms with Gasteiger partial charge in [-0.25, -0.2) is 4.98 Å². The first-order valence-corrected chi connectivity index (χ1v) is 5.33. The number of aliphatic hydroxyl groups is 1. The van der Waals surface area contributed by atoms with Crippen LogP contribution < -0.4 is 0 Å². The van der Waals surface area contributed by atoms with Gasteiger partial charge < -0.3 is 5.11 Å². The van der Waals surface area contributed by atoms with Gasteiger partial charge in [0.25, 0.3) is 0 Å². The zero-order chi connectivity index (χ0) is 9.47. The Kier molecular flexibility index (Phi) is 2.16. The Hall–Kier alpha value is -0.410. The van der Waals surface area contributed by atoms with E-state index in [0.29, 0.717) is 0 Å². The Labute approximate surface area is 86.1 Å². The van der Waals surface area contributed by atoms with Gasteiger partial charge in [0, 0.05) is 0 Å². The number of hydrogen-bond acceptors (Lipinski definition) is 2. The molecule has 0 fully saturated rings. The van der Waals surface area contributed by atoms with Crippen LogP contribution in [0.5, 0.6) is 0 Å². The largest absolute Gasteiger partial charge is 0.384 e. The smallest absolute Gasteiger partial charge is 0.107 e. The van der Waals surface area contributed by atoms with Crippen molar-refractivity contribution in [1.29, 1.82) is 0 Å². The number of rotatable bonds is 1. The highest BCUT2D eigenvalue weighted by molar-refractivity contribution is 9.10. The van der Waals surface area contributed by atoms with Crippen LogP contribution >= 0.6 is 15.9 Å². The highest BCUT2D eigenvalue weighted by atomic mass is 79.9. The average Bonchev–Trinajstić information content (AvgIpc) is 2.45. The maximum atomic E-state index is 10.2. The van der Waals surface area contributed by atoms with E-state index < -0.39 is 5.60 Å². The van der Waals surface area contributed by atoms with E-state index in [9.17, 15) is 5.11 Å². The van der Waals surface area contributed by atoms with E-state index in [-0.39, 0.29) is 0 Å². The Morgan fingerprint density at radius 1 is 1.62 bits per heavy atom. The van der Waals surface area contributed by atoms with Crippen molar-refractivity contribution in [2.45, 2.75) is 31.8 Å². The van der Waals surface area contributed by atoms with Crippen LogP contribution in [0.3, 0.4) is 0 Å². The highest BCUT2D eigenvalue weighted by Crippen LogP contribution is 2.38. The predicted octanol–water partition coefficient (Wildman–Crippen LogP) is 2.39. The monoisotopic (exact) mass is 241 g/mol. The first kappa shape index (κ1) is 9.16. The van der Waals surface area contributed by atoms with Gasteiger partial charge in [0.15, 0.2) is 0 Å². The molecule has 1 unspecified atom stereocenters. The van der Waals surface area contributed by atoms with Gasteiger partial charge in [-0.1, -0.05) is 13.0 Å². The molecule has 1 aliphatic rings. The molecule has 0 saturated heterocycles. The van der Waals surface area contributed by atoms with Gasteiger partial charge in [0.2, 0.25) is 0 Å². The van der Waals surface area contributed by atoms with Crippen molar-refractivity contribution >= 4 is 15.9 Å². The third-order valence-corrected chi connectivity index (χ3v) is 3.22. The van der Waals surface area contributed by atoms with Crippen molar-refractivity contribution in [1.82, 2.24) is 4.98 Å². The summed E-state index contributed by atoms with van der Waals surface area (Å²) in [6.07, 6.45) is 2.49. The summed E-state index contributed by atoms with van der Waals surface area (Å²) < 4.78 is 0.806. The Balaban J connectivity index is 2.52. The van der Waals surface area contributed by atoms with E-state index in [0.717, 1.165) is 29.6 Å². The van der Waals surface area contributed by atoms with Gasteiger partial charge >= 0.3 is 0 Å². The highest BCUT2D eigenvalue weighted by Gasteiger charge is 2.36. The fourth-order valence-electron chi connectivity index (χ4n) is 1.87. The molecule has 0 radical (unpaired) electrons. The number of aryl methyl sites for hydroxylation is 1. The minimum Gasteiger partial charge on any atom is -0.384 e. The lowest BCUT2D eigenvalue weighted by atomic mass is 9.98. The van der Waals surface area contributed by atoms with Crippen LogP contribution in [0.25, 0.3) is 0 Å². The van der Waals surface area contributed by atoms with Crippen LogP contribution in [-0.2, 0) is 12.0 Å². The van der Waals surface area contributed by atoms with Gasteiger partial charge in [0.05, 0.1) is 5.69 Å². The van der Waals surface area contributed by atoms with Gasteiger partial charge in [-0.15, -0.1) is 0 Å². The Morgan fingerprint density at radius 2 is 2.38 bits per heavy atom. The molecule has 2 rings (SSSR count). The van der Waals surface area contributed by atoms with Crippen LogP contribution in [0.4, 0.5) is 0 Å². The van der Waals surface area contributed by atoms with E-state index in [1.807, 2.05) is 19.1 Å². The molecular formula is C10H12BrNO. The molecule has 70 valence electrons. The van der Waals surface area contributed by atoms with Crippen molar-refractivity contribution in [2.24, 2.45) is 0 Å². The molecule has 1 aliphatic carbocycles. The van der Waals surface area contributed by atoms with Crippen molar-refractivity contribution in [2.75, 3.05) is 0 Å². The van der Waals surface area contributed by atoms with Crippen molar-refractivity contribution in [3.63, 3.8) is 0 Å². The van der Waals surface area contributed by atoms with Crippen LogP contribution in [0.15, 0.2) is 16.7 Å². The van der Waals surface area contributed by atoms with E-state index in [2.05, 4.69) is 20.9 Å². The van der Waals surface area contributed by atoms with E-state index in [4.69, 9.17) is 0 Å². The van der Waals surface area contributed by atoms with Crippen molar-refractivity contribution in [3.8, 4) is 0 Å². The molecule has 1 aromatic rings. The summed E-state index contributed by atoms with van der Waals surface area (Å²) in [5.41, 5.74) is 1.37. The molecule has 0 bridgehead atoms. The Morgan fingerprint density at radius 3 is 3.08 bits per heavy atom. The zero-order valence-electron chi connectivity index (χ0n) is 7.55. The molecule has 2 nitrogen and oxygen atoms in total. The first-order valence-electron chi connectivity index (χ1n) is 4.54. The quantitative estimate of drug-likeness (QED) is 0.767. The average molecular weight is 242 g/mol. The molecule has 3 heteroatoms. The molecule has 0 spiro atoms. The topological polar surface area (TPSA) is 33.1 Å². The van der Waals surface area contributed by atoms with E-state index in [1.54, 1.807) is 0 Å². The molecule has 0 saturated carbocycles. The second-order valence-electron chi connectivity index (χ2n) is 3.53. The number of nitrogens with zero attached hydrogens (tertiary/aromatic N) is 1. The van der Waals surface area contributed by atoms with Crippen LogP contribution in [-0.4, -0.2) is 10.1 Å². The summed E-state index contributed by atoms with van der Waals surface area (Å²) in [5, 5.41) is 10.2. The molecule has 0 amide bonds. The van der Waals surface area contributed by atoms with E-state index >= 15 is 0 Å². The third kappa shape index (κ3) is 1.40. The molecule has 1 aromatic heterocycles. The fraction of sp³-hybridized carbons (Fsp3) is 0.500. The number of aromatic nitrogens is 1. The maximum absolute atomic E-state index is 10.2. The minimum absolute atomic E-state index is 0.681. The predicted molar refractivity (Wildman–Crippen MR) is 54.4 cm³/mol. The maximum Gasteiger partial charge on any atom is 0.107 e. The second-order valence-corrected chi connectivity index (χ2v) is 4.34.